The number of pyridine rings is 2. The fraction of sp³-hybridized carbons (Fsp3) is 0.269. The van der Waals surface area contributed by atoms with Crippen molar-refractivity contribution in [3.8, 4) is 0 Å². The number of hydrogen-bond donors (Lipinski definition) is 0. The minimum absolute atomic E-state index is 0.0281. The molecule has 0 bridgehead atoms. The molecule has 12 nitrogen and oxygen atoms in total. The number of carbonyl (C=O) groups excluding carboxylic acids is 2. The molecular weight excluding hydrogens is 494 g/mol. The maximum absolute atomic E-state index is 13.4. The first-order valence-corrected chi connectivity index (χ1v) is 11.6. The van der Waals surface area contributed by atoms with Gasteiger partial charge in [0.05, 0.1) is 23.5 Å². The zero-order valence-electron chi connectivity index (χ0n) is 21.2. The van der Waals surface area contributed by atoms with Gasteiger partial charge in [0.1, 0.15) is 23.3 Å². The Balaban J connectivity index is 2.39. The number of hydrogen-bond acceptors (Lipinski definition) is 8. The van der Waals surface area contributed by atoms with Crippen molar-refractivity contribution in [2.45, 2.75) is 26.8 Å². The van der Waals surface area contributed by atoms with Crippen molar-refractivity contribution < 1.29 is 24.0 Å². The highest BCUT2D eigenvalue weighted by molar-refractivity contribution is 5.94. The SMILES string of the molecule is C=C/C=C\C=C(/CC(=O)N=c1c(C(=O)OCC)cc2c(=O)n3cccc(C)c3nc2n1CCOC)[N+](=O)[O-]. The van der Waals surface area contributed by atoms with Crippen LogP contribution in [0.15, 0.2) is 70.8 Å². The number of fused-ring (bicyclic) bond motifs is 2. The number of carbonyl (C=O) groups is 2. The number of nitro groups is 1. The summed E-state index contributed by atoms with van der Waals surface area (Å²) < 4.78 is 13.2. The molecule has 1 amide bonds. The van der Waals surface area contributed by atoms with Gasteiger partial charge in [-0.2, -0.15) is 4.99 Å². The third-order valence-corrected chi connectivity index (χ3v) is 5.45. The van der Waals surface area contributed by atoms with Gasteiger partial charge in [0.25, 0.3) is 17.2 Å². The number of aryl methyl sites for hydroxylation is 1. The van der Waals surface area contributed by atoms with Crippen molar-refractivity contribution in [3.05, 3.63) is 98.1 Å². The van der Waals surface area contributed by atoms with Crippen LogP contribution in [0.25, 0.3) is 16.7 Å². The van der Waals surface area contributed by atoms with E-state index in [-0.39, 0.29) is 41.8 Å². The van der Waals surface area contributed by atoms with E-state index in [1.54, 1.807) is 32.2 Å². The second kappa shape index (κ2) is 12.5. The fourth-order valence-corrected chi connectivity index (χ4v) is 3.70. The topological polar surface area (TPSA) is 147 Å². The summed E-state index contributed by atoms with van der Waals surface area (Å²) in [6.45, 7) is 7.12. The maximum Gasteiger partial charge on any atom is 0.341 e. The van der Waals surface area contributed by atoms with E-state index in [1.807, 2.05) is 0 Å². The van der Waals surface area contributed by atoms with E-state index in [4.69, 9.17) is 9.47 Å². The number of allylic oxidation sites excluding steroid dienone is 4. The maximum atomic E-state index is 13.4. The van der Waals surface area contributed by atoms with Crippen molar-refractivity contribution in [3.63, 3.8) is 0 Å². The minimum Gasteiger partial charge on any atom is -0.462 e. The number of amides is 1. The number of esters is 1. The van der Waals surface area contributed by atoms with Crippen LogP contribution in [0.1, 0.15) is 29.3 Å². The van der Waals surface area contributed by atoms with Crippen molar-refractivity contribution in [2.24, 2.45) is 4.99 Å². The first kappa shape index (κ1) is 27.9. The van der Waals surface area contributed by atoms with Crippen molar-refractivity contribution in [2.75, 3.05) is 20.3 Å². The Morgan fingerprint density at radius 1 is 1.29 bits per heavy atom. The van der Waals surface area contributed by atoms with Crippen LogP contribution in [0.5, 0.6) is 0 Å². The average molecular weight is 522 g/mol. The third kappa shape index (κ3) is 5.98. The molecule has 0 radical (unpaired) electrons. The second-order valence-electron chi connectivity index (χ2n) is 8.00. The summed E-state index contributed by atoms with van der Waals surface area (Å²) in [6.07, 6.45) is 6.37. The van der Waals surface area contributed by atoms with Crippen LogP contribution in [0.3, 0.4) is 0 Å². The molecule has 198 valence electrons. The summed E-state index contributed by atoms with van der Waals surface area (Å²) in [7, 11) is 1.46. The van der Waals surface area contributed by atoms with Gasteiger partial charge in [-0.3, -0.25) is 24.1 Å². The van der Waals surface area contributed by atoms with Gasteiger partial charge in [-0.25, -0.2) is 9.78 Å². The molecule has 0 fully saturated rings. The molecule has 0 aliphatic rings. The molecule has 0 saturated carbocycles. The summed E-state index contributed by atoms with van der Waals surface area (Å²) in [5, 5.41) is 11.6. The van der Waals surface area contributed by atoms with E-state index >= 15 is 0 Å². The van der Waals surface area contributed by atoms with Crippen LogP contribution in [0, 0.1) is 17.0 Å². The molecule has 0 unspecified atom stereocenters. The Labute approximate surface area is 217 Å². The Bertz CT molecular complexity index is 1610. The molecule has 12 heteroatoms. The molecule has 0 aromatic carbocycles. The average Bonchev–Trinajstić information content (AvgIpc) is 2.88. The van der Waals surface area contributed by atoms with E-state index in [2.05, 4.69) is 16.6 Å². The number of rotatable bonds is 10. The van der Waals surface area contributed by atoms with Crippen LogP contribution >= 0.6 is 0 Å². The van der Waals surface area contributed by atoms with Gasteiger partial charge in [0, 0.05) is 25.9 Å². The van der Waals surface area contributed by atoms with Gasteiger partial charge in [0.15, 0.2) is 5.49 Å². The molecule has 0 spiro atoms. The molecule has 3 rings (SSSR count). The lowest BCUT2D eigenvalue weighted by molar-refractivity contribution is -0.426. The molecule has 0 saturated heterocycles. The predicted octanol–water partition coefficient (Wildman–Crippen LogP) is 2.50. The fourth-order valence-electron chi connectivity index (χ4n) is 3.70. The van der Waals surface area contributed by atoms with Crippen LogP contribution in [-0.2, 0) is 20.8 Å². The van der Waals surface area contributed by atoms with Gasteiger partial charge in [-0.15, -0.1) is 0 Å². The molecule has 0 N–H and O–H groups in total. The first-order chi connectivity index (χ1) is 18.2. The summed E-state index contributed by atoms with van der Waals surface area (Å²) in [5.74, 6) is -1.70. The summed E-state index contributed by atoms with van der Waals surface area (Å²) in [5.41, 5.74) is 0.125. The smallest absolute Gasteiger partial charge is 0.341 e. The van der Waals surface area contributed by atoms with Crippen LogP contribution in [0.2, 0.25) is 0 Å². The Morgan fingerprint density at radius 2 is 2.05 bits per heavy atom. The van der Waals surface area contributed by atoms with Crippen molar-refractivity contribution in [1.29, 1.82) is 0 Å². The Kier molecular flexibility index (Phi) is 9.17. The van der Waals surface area contributed by atoms with E-state index in [1.165, 1.54) is 40.4 Å². The predicted molar refractivity (Wildman–Crippen MR) is 139 cm³/mol. The third-order valence-electron chi connectivity index (χ3n) is 5.45. The number of aromatic nitrogens is 3. The van der Waals surface area contributed by atoms with Crippen LogP contribution in [0.4, 0.5) is 0 Å². The molecule has 0 aliphatic heterocycles. The number of ether oxygens (including phenoxy) is 2. The lowest BCUT2D eigenvalue weighted by Gasteiger charge is -2.15. The van der Waals surface area contributed by atoms with Gasteiger partial charge < -0.3 is 14.0 Å². The molecular formula is C26H27N5O7. The highest BCUT2D eigenvalue weighted by atomic mass is 16.6. The van der Waals surface area contributed by atoms with E-state index in [0.29, 0.717) is 5.65 Å². The van der Waals surface area contributed by atoms with Gasteiger partial charge in [-0.05, 0) is 31.5 Å². The molecule has 3 aromatic heterocycles. The van der Waals surface area contributed by atoms with Gasteiger partial charge in [-0.1, -0.05) is 30.9 Å². The largest absolute Gasteiger partial charge is 0.462 e. The molecule has 3 aromatic rings. The standard InChI is InChI=1S/C26H27N5O7/c1-5-7-8-11-18(31(35)36)15-21(32)27-24-20(26(34)38-6-2)16-19-23(29(24)13-14-37-4)28-22-17(3)10-9-12-30(22)25(19)33/h5,7-12,16H,1,6,13-15H2,2-4H3/b8-7-,18-11+,27-24?. The molecule has 38 heavy (non-hydrogen) atoms. The van der Waals surface area contributed by atoms with Crippen LogP contribution < -0.4 is 11.0 Å². The van der Waals surface area contributed by atoms with Crippen molar-refractivity contribution in [1.82, 2.24) is 14.0 Å². The first-order valence-electron chi connectivity index (χ1n) is 11.6. The zero-order valence-corrected chi connectivity index (χ0v) is 21.2. The van der Waals surface area contributed by atoms with Crippen molar-refractivity contribution >= 4 is 28.6 Å². The highest BCUT2D eigenvalue weighted by Crippen LogP contribution is 2.14. The Hall–Kier alpha value is -4.71. The van der Waals surface area contributed by atoms with Crippen LogP contribution in [-0.4, -0.2) is 51.1 Å². The summed E-state index contributed by atoms with van der Waals surface area (Å²) in [6, 6.07) is 4.78. The lowest BCUT2D eigenvalue weighted by Crippen LogP contribution is -2.33. The van der Waals surface area contributed by atoms with Gasteiger partial charge >= 0.3 is 5.97 Å². The molecule has 0 aliphatic carbocycles. The van der Waals surface area contributed by atoms with E-state index < -0.39 is 34.5 Å². The Morgan fingerprint density at radius 3 is 2.71 bits per heavy atom. The van der Waals surface area contributed by atoms with E-state index in [0.717, 1.165) is 11.6 Å². The highest BCUT2D eigenvalue weighted by Gasteiger charge is 2.22. The van der Waals surface area contributed by atoms with Gasteiger partial charge in [0.2, 0.25) is 0 Å². The normalized spacial score (nSPS) is 12.4. The zero-order chi connectivity index (χ0) is 27.8. The summed E-state index contributed by atoms with van der Waals surface area (Å²) >= 11 is 0. The van der Waals surface area contributed by atoms with E-state index in [9.17, 15) is 24.5 Å². The summed E-state index contributed by atoms with van der Waals surface area (Å²) in [4.78, 5) is 58.8. The monoisotopic (exact) mass is 521 g/mol. The lowest BCUT2D eigenvalue weighted by atomic mass is 10.2. The minimum atomic E-state index is -0.885. The molecule has 3 heterocycles. The number of methoxy groups -OCH3 is 1. The second-order valence-corrected chi connectivity index (χ2v) is 8.00. The quantitative estimate of drug-likeness (QED) is 0.130. The number of nitrogens with zero attached hydrogens (tertiary/aromatic N) is 5. The molecule has 0 atom stereocenters.